The number of imidazole rings is 1. The highest BCUT2D eigenvalue weighted by atomic mass is 32.1. The number of nitrogens with zero attached hydrogens (tertiary/aromatic N) is 3. The van der Waals surface area contributed by atoms with Crippen molar-refractivity contribution in [1.82, 2.24) is 19.9 Å². The number of urea groups is 1. The zero-order valence-corrected chi connectivity index (χ0v) is 22.5. The third-order valence-corrected chi connectivity index (χ3v) is 7.14. The van der Waals surface area contributed by atoms with E-state index in [0.29, 0.717) is 24.4 Å². The van der Waals surface area contributed by atoms with Crippen molar-refractivity contribution in [3.05, 3.63) is 84.3 Å². The summed E-state index contributed by atoms with van der Waals surface area (Å²) in [6, 6.07) is 12.7. The second-order valence-corrected chi connectivity index (χ2v) is 9.79. The Balaban J connectivity index is 1.30. The van der Waals surface area contributed by atoms with Crippen LogP contribution in [0.3, 0.4) is 0 Å². The number of rotatable bonds is 10. The molecule has 3 N–H and O–H groups in total. The third-order valence-electron chi connectivity index (χ3n) is 6.00. The summed E-state index contributed by atoms with van der Waals surface area (Å²) in [4.78, 5) is 22.1. The lowest BCUT2D eigenvalue weighted by molar-refractivity contribution is 0.199. The van der Waals surface area contributed by atoms with E-state index in [9.17, 15) is 13.6 Å². The van der Waals surface area contributed by atoms with Gasteiger partial charge in [-0.1, -0.05) is 12.1 Å². The van der Waals surface area contributed by atoms with Crippen molar-refractivity contribution in [2.75, 3.05) is 30.9 Å². The van der Waals surface area contributed by atoms with Gasteiger partial charge in [0.25, 0.3) is 0 Å². The molecule has 0 aliphatic carbocycles. The summed E-state index contributed by atoms with van der Waals surface area (Å²) in [5.41, 5.74) is 1.91. The maximum atomic E-state index is 15.0. The fraction of sp³-hybridized carbons (Fsp3) is 0.179. The van der Waals surface area contributed by atoms with Crippen LogP contribution < -0.4 is 20.7 Å². The van der Waals surface area contributed by atoms with Gasteiger partial charge >= 0.3 is 6.03 Å². The second-order valence-electron chi connectivity index (χ2n) is 8.74. The van der Waals surface area contributed by atoms with Gasteiger partial charge in [-0.2, -0.15) is 0 Å². The van der Waals surface area contributed by atoms with Crippen molar-refractivity contribution >= 4 is 39.0 Å². The Morgan fingerprint density at radius 2 is 1.88 bits per heavy atom. The molecule has 5 rings (SSSR count). The van der Waals surface area contributed by atoms with E-state index in [0.717, 1.165) is 33.7 Å². The number of hydrogen-bond donors (Lipinski definition) is 3. The number of halogens is 2. The Labute approximate surface area is 232 Å². The minimum atomic E-state index is -0.705. The number of methoxy groups -OCH3 is 1. The van der Waals surface area contributed by atoms with Crippen LogP contribution in [0.1, 0.15) is 5.69 Å². The molecule has 0 aliphatic heterocycles. The van der Waals surface area contributed by atoms with Crippen LogP contribution in [0.25, 0.3) is 20.9 Å². The second kappa shape index (κ2) is 12.2. The number of aromatic nitrogens is 3. The summed E-state index contributed by atoms with van der Waals surface area (Å²) in [7, 11) is 3.61. The molecule has 0 spiro atoms. The molecule has 2 amide bonds. The molecule has 2 aromatic carbocycles. The number of benzene rings is 2. The average Bonchev–Trinajstić information content (AvgIpc) is 3.53. The van der Waals surface area contributed by atoms with Crippen molar-refractivity contribution in [2.45, 2.75) is 6.54 Å². The van der Waals surface area contributed by atoms with Crippen molar-refractivity contribution in [3.8, 4) is 22.2 Å². The maximum absolute atomic E-state index is 15.0. The number of amides is 2. The molecule has 206 valence electrons. The molecule has 0 bridgehead atoms. The quantitative estimate of drug-likeness (QED) is 0.176. The standard InChI is InChI=1S/C28H26F2N6O3S/c1-36-18(15-31-11-12-38-2)16-33-27(36)25-14-22-26(40-25)24(9-10-32-22)39-23-8-7-17(13-20(23)30)34-28(37)35-21-6-4-3-5-19(21)29/h3-10,13-14,16,31H,11-12,15H2,1-2H3,(H2,34,35,37). The smallest absolute Gasteiger partial charge is 0.323 e. The summed E-state index contributed by atoms with van der Waals surface area (Å²) < 4.78 is 42.5. The molecule has 5 aromatic rings. The van der Waals surface area contributed by atoms with Gasteiger partial charge in [0.2, 0.25) is 0 Å². The summed E-state index contributed by atoms with van der Waals surface area (Å²) in [5, 5.41) is 8.19. The molecule has 0 saturated heterocycles. The average molecular weight is 565 g/mol. The van der Waals surface area contributed by atoms with Crippen LogP contribution in [-0.4, -0.2) is 40.8 Å². The summed E-state index contributed by atoms with van der Waals surface area (Å²) in [6.07, 6.45) is 3.42. The van der Waals surface area contributed by atoms with E-state index in [1.165, 1.54) is 41.7 Å². The first kappa shape index (κ1) is 27.2. The van der Waals surface area contributed by atoms with Crippen LogP contribution >= 0.6 is 11.3 Å². The van der Waals surface area contributed by atoms with Crippen molar-refractivity contribution in [1.29, 1.82) is 0 Å². The summed E-state index contributed by atoms with van der Waals surface area (Å²) in [5.74, 6) is -0.0584. The lowest BCUT2D eigenvalue weighted by atomic mass is 10.3. The first-order valence-electron chi connectivity index (χ1n) is 12.3. The van der Waals surface area contributed by atoms with Gasteiger partial charge in [0.05, 0.1) is 39.3 Å². The van der Waals surface area contributed by atoms with Gasteiger partial charge in [-0.25, -0.2) is 18.6 Å². The van der Waals surface area contributed by atoms with Gasteiger partial charge in [0.15, 0.2) is 11.6 Å². The number of ether oxygens (including phenoxy) is 2. The van der Waals surface area contributed by atoms with E-state index in [-0.39, 0.29) is 17.1 Å². The lowest BCUT2D eigenvalue weighted by Gasteiger charge is -2.11. The minimum absolute atomic E-state index is 0.0120. The number of thiophene rings is 1. The highest BCUT2D eigenvalue weighted by Crippen LogP contribution is 2.39. The summed E-state index contributed by atoms with van der Waals surface area (Å²) >= 11 is 1.45. The number of carbonyl (C=O) groups excluding carboxylic acids is 1. The molecule has 0 aliphatic rings. The molecule has 0 atom stereocenters. The maximum Gasteiger partial charge on any atom is 0.323 e. The molecule has 0 fully saturated rings. The molecule has 12 heteroatoms. The lowest BCUT2D eigenvalue weighted by Crippen LogP contribution is -2.20. The van der Waals surface area contributed by atoms with E-state index < -0.39 is 17.7 Å². The first-order valence-corrected chi connectivity index (χ1v) is 13.1. The van der Waals surface area contributed by atoms with Gasteiger partial charge in [-0.15, -0.1) is 11.3 Å². The molecule has 9 nitrogen and oxygen atoms in total. The number of pyridine rings is 1. The number of anilines is 2. The molecular weight excluding hydrogens is 538 g/mol. The monoisotopic (exact) mass is 564 g/mol. The van der Waals surface area contributed by atoms with Gasteiger partial charge in [0, 0.05) is 51.3 Å². The first-order chi connectivity index (χ1) is 19.4. The molecule has 0 unspecified atom stereocenters. The molecule has 3 aromatic heterocycles. The number of fused-ring (bicyclic) bond motifs is 1. The van der Waals surface area contributed by atoms with Gasteiger partial charge < -0.3 is 30.0 Å². The Morgan fingerprint density at radius 1 is 1.02 bits per heavy atom. The Morgan fingerprint density at radius 3 is 2.67 bits per heavy atom. The van der Waals surface area contributed by atoms with Crippen LogP contribution in [0.2, 0.25) is 0 Å². The van der Waals surface area contributed by atoms with Crippen LogP contribution in [0.5, 0.6) is 11.5 Å². The number of carbonyl (C=O) groups is 1. The molecule has 3 heterocycles. The molecule has 0 saturated carbocycles. The van der Waals surface area contributed by atoms with E-state index >= 15 is 0 Å². The highest BCUT2D eigenvalue weighted by Gasteiger charge is 2.17. The van der Waals surface area contributed by atoms with Gasteiger partial charge in [0.1, 0.15) is 17.4 Å². The Kier molecular flexibility index (Phi) is 8.29. The third kappa shape index (κ3) is 6.09. The van der Waals surface area contributed by atoms with Crippen molar-refractivity contribution in [2.24, 2.45) is 7.05 Å². The van der Waals surface area contributed by atoms with E-state index in [1.807, 2.05) is 23.9 Å². The fourth-order valence-corrected chi connectivity index (χ4v) is 5.06. The number of hydrogen-bond acceptors (Lipinski definition) is 7. The van der Waals surface area contributed by atoms with Gasteiger partial charge in [-0.3, -0.25) is 4.98 Å². The zero-order chi connectivity index (χ0) is 28.1. The number of para-hydroxylation sites is 1. The SMILES string of the molecule is COCCNCc1cnc(-c2cc3nccc(Oc4ccc(NC(=O)Nc5ccccc5F)cc4F)c3s2)n1C. The summed E-state index contributed by atoms with van der Waals surface area (Å²) in [6.45, 7) is 2.01. The topological polar surface area (TPSA) is 102 Å². The molecular formula is C28H26F2N6O3S. The van der Waals surface area contributed by atoms with Crippen LogP contribution in [0.4, 0.5) is 25.0 Å². The Hall–Kier alpha value is -4.39. The predicted octanol–water partition coefficient (Wildman–Crippen LogP) is 6.15. The normalized spacial score (nSPS) is 11.1. The van der Waals surface area contributed by atoms with E-state index in [4.69, 9.17) is 9.47 Å². The van der Waals surface area contributed by atoms with Crippen LogP contribution in [0, 0.1) is 11.6 Å². The molecule has 40 heavy (non-hydrogen) atoms. The van der Waals surface area contributed by atoms with Crippen molar-refractivity contribution in [3.63, 3.8) is 0 Å². The highest BCUT2D eigenvalue weighted by molar-refractivity contribution is 7.22. The largest absolute Gasteiger partial charge is 0.453 e. The Bertz CT molecular complexity index is 1650. The van der Waals surface area contributed by atoms with Crippen molar-refractivity contribution < 1.29 is 23.0 Å². The molecule has 0 radical (unpaired) electrons. The van der Waals surface area contributed by atoms with Crippen LogP contribution in [0.15, 0.2) is 67.0 Å². The fourth-order valence-electron chi connectivity index (χ4n) is 3.96. The zero-order valence-electron chi connectivity index (χ0n) is 21.7. The van der Waals surface area contributed by atoms with E-state index in [1.54, 1.807) is 25.4 Å². The number of nitrogens with one attached hydrogen (secondary N) is 3. The van der Waals surface area contributed by atoms with Gasteiger partial charge in [-0.05, 0) is 30.3 Å². The minimum Gasteiger partial charge on any atom is -0.453 e. The predicted molar refractivity (Wildman–Crippen MR) is 151 cm³/mol. The van der Waals surface area contributed by atoms with E-state index in [2.05, 4.69) is 25.9 Å². The van der Waals surface area contributed by atoms with Crippen LogP contribution in [-0.2, 0) is 18.3 Å².